The summed E-state index contributed by atoms with van der Waals surface area (Å²) in [7, 11) is 1.60. The van der Waals surface area contributed by atoms with Gasteiger partial charge in [-0.05, 0) is 49.2 Å². The van der Waals surface area contributed by atoms with Gasteiger partial charge in [-0.15, -0.1) is 0 Å². The first-order valence-electron chi connectivity index (χ1n) is 9.53. The average Bonchev–Trinajstić information content (AvgIpc) is 3.20. The zero-order chi connectivity index (χ0) is 21.7. The molecule has 8 heteroatoms. The van der Waals surface area contributed by atoms with Gasteiger partial charge in [0, 0.05) is 30.3 Å². The van der Waals surface area contributed by atoms with Crippen molar-refractivity contribution in [3.8, 4) is 5.75 Å². The number of rotatable bonds is 7. The van der Waals surface area contributed by atoms with E-state index in [0.717, 1.165) is 22.6 Å². The number of esters is 1. The molecule has 0 bridgehead atoms. The number of hydrogen-bond acceptors (Lipinski definition) is 7. The molecule has 0 N–H and O–H groups in total. The van der Waals surface area contributed by atoms with Gasteiger partial charge in [-0.3, -0.25) is 15.1 Å². The van der Waals surface area contributed by atoms with E-state index in [0.29, 0.717) is 12.1 Å². The monoisotopic (exact) mass is 409 g/mol. The summed E-state index contributed by atoms with van der Waals surface area (Å²) in [6.07, 6.45) is 1.91. The van der Waals surface area contributed by atoms with E-state index in [2.05, 4.69) is 0 Å². The molecular formula is C22H23N3O5. The molecule has 0 amide bonds. The lowest BCUT2D eigenvalue weighted by Gasteiger charge is -2.24. The fraction of sp³-hybridized carbons (Fsp3) is 0.273. The molecule has 2 aromatic rings. The molecule has 30 heavy (non-hydrogen) atoms. The molecule has 0 radical (unpaired) electrons. The second kappa shape index (κ2) is 9.21. The molecule has 1 aliphatic rings. The van der Waals surface area contributed by atoms with Gasteiger partial charge in [-0.25, -0.2) is 4.79 Å². The Hall–Kier alpha value is -3.68. The minimum atomic E-state index is -0.458. The van der Waals surface area contributed by atoms with Crippen LogP contribution < -0.4 is 4.74 Å². The van der Waals surface area contributed by atoms with Gasteiger partial charge in [-0.1, -0.05) is 12.1 Å². The number of allylic oxidation sites excluding steroid dienone is 1. The number of methoxy groups -OCH3 is 1. The molecule has 0 saturated heterocycles. The van der Waals surface area contributed by atoms with E-state index < -0.39 is 10.9 Å². The lowest BCUT2D eigenvalue weighted by Crippen LogP contribution is -2.19. The Bertz CT molecular complexity index is 998. The summed E-state index contributed by atoms with van der Waals surface area (Å²) in [5.41, 5.74) is 3.07. The molecule has 1 aliphatic heterocycles. The Balaban J connectivity index is 1.98. The zero-order valence-electron chi connectivity index (χ0n) is 17.1. The van der Waals surface area contributed by atoms with Crippen LogP contribution in [0.3, 0.4) is 0 Å². The molecule has 156 valence electrons. The molecule has 8 nitrogen and oxygen atoms in total. The van der Waals surface area contributed by atoms with Gasteiger partial charge < -0.3 is 9.47 Å². The van der Waals surface area contributed by atoms with Crippen molar-refractivity contribution in [1.29, 1.82) is 0 Å². The fourth-order valence-corrected chi connectivity index (χ4v) is 3.32. The highest BCUT2D eigenvalue weighted by atomic mass is 16.6. The van der Waals surface area contributed by atoms with E-state index in [9.17, 15) is 14.9 Å². The van der Waals surface area contributed by atoms with Gasteiger partial charge in [-0.2, -0.15) is 5.10 Å². The van der Waals surface area contributed by atoms with Crippen LogP contribution in [0.15, 0.2) is 65.4 Å². The summed E-state index contributed by atoms with van der Waals surface area (Å²) in [6.45, 7) is 3.78. The maximum Gasteiger partial charge on any atom is 0.332 e. The first-order chi connectivity index (χ1) is 14.4. The maximum atomic E-state index is 11.9. The van der Waals surface area contributed by atoms with Crippen LogP contribution in [0.4, 0.5) is 5.69 Å². The largest absolute Gasteiger partial charge is 0.497 e. The van der Waals surface area contributed by atoms with Crippen molar-refractivity contribution >= 4 is 17.4 Å². The highest BCUT2D eigenvalue weighted by molar-refractivity contribution is 6.02. The minimum absolute atomic E-state index is 0.0115. The van der Waals surface area contributed by atoms with Crippen molar-refractivity contribution in [2.24, 2.45) is 5.10 Å². The standard InChI is InChI=1S/C22H23N3O5/c1-4-30-22(26)12-15(2)24-21(17-6-5-7-18(13-17)25(27)28)14-20(23-24)16-8-10-19(29-3)11-9-16/h5-13,21H,4,14H2,1-3H3/b15-12-/t21-/m0/s1. The Morgan fingerprint density at radius 2 is 2.03 bits per heavy atom. The van der Waals surface area contributed by atoms with Gasteiger partial charge >= 0.3 is 5.97 Å². The molecule has 1 heterocycles. The fourth-order valence-electron chi connectivity index (χ4n) is 3.32. The van der Waals surface area contributed by atoms with Crippen LogP contribution in [-0.4, -0.2) is 35.3 Å². The molecule has 1 atom stereocenters. The molecule has 0 fully saturated rings. The molecule has 0 spiro atoms. The van der Waals surface area contributed by atoms with Crippen molar-refractivity contribution in [1.82, 2.24) is 5.01 Å². The SMILES string of the molecule is CCOC(=O)/C=C(/C)N1N=C(c2ccc(OC)cc2)C[C@H]1c1cccc([N+](=O)[O-])c1. The Labute approximate surface area is 174 Å². The van der Waals surface area contributed by atoms with Gasteiger partial charge in [0.05, 0.1) is 30.4 Å². The highest BCUT2D eigenvalue weighted by Gasteiger charge is 2.31. The molecule has 3 rings (SSSR count). The summed E-state index contributed by atoms with van der Waals surface area (Å²) in [5.74, 6) is 0.281. The van der Waals surface area contributed by atoms with Crippen LogP contribution in [0.2, 0.25) is 0 Å². The number of carbonyl (C=O) groups is 1. The molecule has 2 aromatic carbocycles. The third-order valence-corrected chi connectivity index (χ3v) is 4.77. The lowest BCUT2D eigenvalue weighted by atomic mass is 9.98. The summed E-state index contributed by atoms with van der Waals surface area (Å²) in [5, 5.41) is 17.7. The summed E-state index contributed by atoms with van der Waals surface area (Å²) < 4.78 is 10.2. The normalized spacial score (nSPS) is 16.2. The van der Waals surface area contributed by atoms with E-state index in [1.165, 1.54) is 12.1 Å². The van der Waals surface area contributed by atoms with E-state index in [4.69, 9.17) is 14.6 Å². The van der Waals surface area contributed by atoms with E-state index in [1.807, 2.05) is 30.3 Å². The maximum absolute atomic E-state index is 11.9. The summed E-state index contributed by atoms with van der Waals surface area (Å²) in [6, 6.07) is 13.7. The number of hydrazone groups is 1. The first-order valence-corrected chi connectivity index (χ1v) is 9.53. The summed E-state index contributed by atoms with van der Waals surface area (Å²) >= 11 is 0. The Morgan fingerprint density at radius 1 is 1.30 bits per heavy atom. The molecule has 0 aromatic heterocycles. The topological polar surface area (TPSA) is 94.3 Å². The van der Waals surface area contributed by atoms with Crippen LogP contribution in [0.1, 0.15) is 37.4 Å². The second-order valence-electron chi connectivity index (χ2n) is 6.73. The Kier molecular flexibility index (Phi) is 6.46. The smallest absolute Gasteiger partial charge is 0.332 e. The molecule has 0 unspecified atom stereocenters. The van der Waals surface area contributed by atoms with Crippen molar-refractivity contribution in [3.05, 3.63) is 81.5 Å². The number of nitro groups is 1. The van der Waals surface area contributed by atoms with Crippen LogP contribution in [0.25, 0.3) is 0 Å². The van der Waals surface area contributed by atoms with Crippen LogP contribution in [-0.2, 0) is 9.53 Å². The molecule has 0 aliphatic carbocycles. The van der Waals surface area contributed by atoms with E-state index >= 15 is 0 Å². The second-order valence-corrected chi connectivity index (χ2v) is 6.73. The van der Waals surface area contributed by atoms with Gasteiger partial charge in [0.25, 0.3) is 5.69 Å². The van der Waals surface area contributed by atoms with Gasteiger partial charge in [0.2, 0.25) is 0 Å². The quantitative estimate of drug-likeness (QED) is 0.294. The minimum Gasteiger partial charge on any atom is -0.497 e. The van der Waals surface area contributed by atoms with Crippen molar-refractivity contribution in [2.75, 3.05) is 13.7 Å². The number of hydrogen-bond donors (Lipinski definition) is 0. The lowest BCUT2D eigenvalue weighted by molar-refractivity contribution is -0.384. The van der Waals surface area contributed by atoms with Crippen LogP contribution >= 0.6 is 0 Å². The predicted molar refractivity (Wildman–Crippen MR) is 112 cm³/mol. The number of ether oxygens (including phenoxy) is 2. The Morgan fingerprint density at radius 3 is 2.67 bits per heavy atom. The number of carbonyl (C=O) groups excluding carboxylic acids is 1. The van der Waals surface area contributed by atoms with Crippen molar-refractivity contribution in [3.63, 3.8) is 0 Å². The highest BCUT2D eigenvalue weighted by Crippen LogP contribution is 2.36. The molecule has 0 saturated carbocycles. The molecular weight excluding hydrogens is 386 g/mol. The zero-order valence-corrected chi connectivity index (χ0v) is 17.1. The van der Waals surface area contributed by atoms with Crippen LogP contribution in [0.5, 0.6) is 5.75 Å². The van der Waals surface area contributed by atoms with E-state index in [1.54, 1.807) is 38.1 Å². The predicted octanol–water partition coefficient (Wildman–Crippen LogP) is 4.22. The van der Waals surface area contributed by atoms with Crippen molar-refractivity contribution < 1.29 is 19.2 Å². The van der Waals surface area contributed by atoms with E-state index in [-0.39, 0.29) is 18.3 Å². The first kappa shape index (κ1) is 21.0. The summed E-state index contributed by atoms with van der Waals surface area (Å²) in [4.78, 5) is 22.7. The van der Waals surface area contributed by atoms with Gasteiger partial charge in [0.15, 0.2) is 0 Å². The van der Waals surface area contributed by atoms with Gasteiger partial charge in [0.1, 0.15) is 5.75 Å². The number of nitro benzene ring substituents is 1. The number of non-ortho nitro benzene ring substituents is 1. The third kappa shape index (κ3) is 4.65. The van der Waals surface area contributed by atoms with Crippen molar-refractivity contribution in [2.45, 2.75) is 26.3 Å². The average molecular weight is 409 g/mol. The van der Waals surface area contributed by atoms with Crippen LogP contribution in [0, 0.1) is 10.1 Å². The number of benzene rings is 2. The number of nitrogens with zero attached hydrogens (tertiary/aromatic N) is 3. The third-order valence-electron chi connectivity index (χ3n) is 4.77.